The smallest absolute Gasteiger partial charge is 0.143 e. The summed E-state index contributed by atoms with van der Waals surface area (Å²) in [6.07, 6.45) is 0. The maximum Gasteiger partial charge on any atom is 0.143 e. The standard InChI is InChI=1S/C48H32O/c1-29-15-17-33(18-16-29)44-28-43(31-9-4-3-5-10-31)40-26-25-38-42(27-30(2)35-23-24-39(44)47(40)46(35)38)34-21-19-32(20-22-34)36-12-8-13-41-37-11-6-7-14-45(37)49-48(36)41/h3-28H,1-2H3. The number of fused-ring (bicyclic) bond motifs is 3. The van der Waals surface area contributed by atoms with Gasteiger partial charge in [0.15, 0.2) is 0 Å². The highest BCUT2D eigenvalue weighted by Gasteiger charge is 2.20. The van der Waals surface area contributed by atoms with Crippen LogP contribution in [-0.2, 0) is 0 Å². The number of furan rings is 1. The van der Waals surface area contributed by atoms with Crippen molar-refractivity contribution in [2.24, 2.45) is 0 Å². The molecule has 0 aliphatic rings. The highest BCUT2D eigenvalue weighted by molar-refractivity contribution is 6.30. The number of rotatable bonds is 4. The molecule has 0 aliphatic carbocycles. The first-order valence-corrected chi connectivity index (χ1v) is 17.0. The van der Waals surface area contributed by atoms with Crippen LogP contribution in [-0.4, -0.2) is 0 Å². The molecule has 0 unspecified atom stereocenters. The Balaban J connectivity index is 1.20. The van der Waals surface area contributed by atoms with E-state index in [4.69, 9.17) is 4.42 Å². The Hall–Kier alpha value is -6.18. The predicted molar refractivity (Wildman–Crippen MR) is 209 cm³/mol. The van der Waals surface area contributed by atoms with Crippen molar-refractivity contribution >= 4 is 54.3 Å². The SMILES string of the molecule is Cc1ccc(-c2cc(-c3ccccc3)c3ccc4c(-c5ccc(-c6cccc7c6oc6ccccc67)cc5)cc(C)c5ccc2c3c54)cc1. The predicted octanol–water partition coefficient (Wildman–Crippen LogP) is 13.8. The van der Waals surface area contributed by atoms with Gasteiger partial charge in [-0.2, -0.15) is 0 Å². The number of benzene rings is 9. The van der Waals surface area contributed by atoms with E-state index in [0.717, 1.165) is 33.1 Å². The van der Waals surface area contributed by atoms with Gasteiger partial charge < -0.3 is 4.42 Å². The third-order valence-electron chi connectivity index (χ3n) is 10.5. The van der Waals surface area contributed by atoms with E-state index in [9.17, 15) is 0 Å². The Morgan fingerprint density at radius 2 is 0.857 bits per heavy atom. The monoisotopic (exact) mass is 624 g/mol. The molecule has 0 saturated carbocycles. The first kappa shape index (κ1) is 27.9. The van der Waals surface area contributed by atoms with Crippen LogP contribution in [0.4, 0.5) is 0 Å². The van der Waals surface area contributed by atoms with Gasteiger partial charge in [-0.05, 0) is 103 Å². The summed E-state index contributed by atoms with van der Waals surface area (Å²) in [5, 5.41) is 10.2. The molecule has 1 aromatic heterocycles. The van der Waals surface area contributed by atoms with Gasteiger partial charge >= 0.3 is 0 Å². The largest absolute Gasteiger partial charge is 0.455 e. The summed E-state index contributed by atoms with van der Waals surface area (Å²) < 4.78 is 6.38. The van der Waals surface area contributed by atoms with Crippen molar-refractivity contribution in [1.82, 2.24) is 0 Å². The molecule has 0 bridgehead atoms. The summed E-state index contributed by atoms with van der Waals surface area (Å²) in [5.41, 5.74) is 14.2. The maximum atomic E-state index is 6.38. The van der Waals surface area contributed by atoms with Gasteiger partial charge in [-0.15, -0.1) is 0 Å². The van der Waals surface area contributed by atoms with Crippen LogP contribution in [0.5, 0.6) is 0 Å². The van der Waals surface area contributed by atoms with Crippen LogP contribution in [0.3, 0.4) is 0 Å². The van der Waals surface area contributed by atoms with Crippen LogP contribution >= 0.6 is 0 Å². The normalized spacial score (nSPS) is 11.9. The minimum absolute atomic E-state index is 0.923. The second-order valence-electron chi connectivity index (χ2n) is 13.4. The van der Waals surface area contributed by atoms with E-state index >= 15 is 0 Å². The molecule has 9 aromatic carbocycles. The van der Waals surface area contributed by atoms with Gasteiger partial charge in [0.05, 0.1) is 0 Å². The summed E-state index contributed by atoms with van der Waals surface area (Å²) in [6.45, 7) is 4.41. The molecule has 230 valence electrons. The fraction of sp³-hybridized carbons (Fsp3) is 0.0417. The number of para-hydroxylation sites is 2. The van der Waals surface area contributed by atoms with E-state index < -0.39 is 0 Å². The second kappa shape index (κ2) is 10.7. The van der Waals surface area contributed by atoms with E-state index in [1.165, 1.54) is 76.8 Å². The van der Waals surface area contributed by atoms with Crippen molar-refractivity contribution in [3.8, 4) is 44.5 Å². The molecule has 10 aromatic rings. The molecule has 0 fully saturated rings. The minimum Gasteiger partial charge on any atom is -0.455 e. The average Bonchev–Trinajstić information content (AvgIpc) is 3.54. The number of hydrogen-bond donors (Lipinski definition) is 0. The molecule has 1 heteroatoms. The van der Waals surface area contributed by atoms with E-state index in [-0.39, 0.29) is 0 Å². The van der Waals surface area contributed by atoms with Crippen LogP contribution < -0.4 is 0 Å². The lowest BCUT2D eigenvalue weighted by Crippen LogP contribution is -1.94. The summed E-state index contributed by atoms with van der Waals surface area (Å²) >= 11 is 0. The molecule has 0 aliphatic heterocycles. The first-order chi connectivity index (χ1) is 24.1. The Morgan fingerprint density at radius 1 is 0.347 bits per heavy atom. The van der Waals surface area contributed by atoms with Crippen molar-refractivity contribution < 1.29 is 4.42 Å². The summed E-state index contributed by atoms with van der Waals surface area (Å²) in [7, 11) is 0. The molecule has 0 N–H and O–H groups in total. The fourth-order valence-corrected chi connectivity index (χ4v) is 8.04. The number of hydrogen-bond acceptors (Lipinski definition) is 1. The Labute approximate surface area is 285 Å². The molecule has 0 radical (unpaired) electrons. The topological polar surface area (TPSA) is 13.1 Å². The zero-order valence-electron chi connectivity index (χ0n) is 27.4. The minimum atomic E-state index is 0.923. The van der Waals surface area contributed by atoms with Crippen molar-refractivity contribution in [2.75, 3.05) is 0 Å². The van der Waals surface area contributed by atoms with Gasteiger partial charge in [0.1, 0.15) is 11.2 Å². The van der Waals surface area contributed by atoms with E-state index in [1.54, 1.807) is 0 Å². The van der Waals surface area contributed by atoms with Crippen molar-refractivity contribution in [3.05, 3.63) is 169 Å². The summed E-state index contributed by atoms with van der Waals surface area (Å²) in [6, 6.07) is 57.7. The summed E-state index contributed by atoms with van der Waals surface area (Å²) in [4.78, 5) is 0. The van der Waals surface area contributed by atoms with Crippen LogP contribution in [0, 0.1) is 13.8 Å². The molecule has 0 amide bonds. The Kier molecular flexibility index (Phi) is 6.07. The molecular formula is C48H32O. The number of aryl methyl sites for hydroxylation is 2. The van der Waals surface area contributed by atoms with E-state index in [1.807, 2.05) is 12.1 Å². The highest BCUT2D eigenvalue weighted by atomic mass is 16.3. The summed E-state index contributed by atoms with van der Waals surface area (Å²) in [5.74, 6) is 0. The molecular weight excluding hydrogens is 593 g/mol. The van der Waals surface area contributed by atoms with Crippen molar-refractivity contribution in [3.63, 3.8) is 0 Å². The Morgan fingerprint density at radius 3 is 1.55 bits per heavy atom. The first-order valence-electron chi connectivity index (χ1n) is 17.0. The molecule has 1 heterocycles. The zero-order valence-corrected chi connectivity index (χ0v) is 27.4. The van der Waals surface area contributed by atoms with Gasteiger partial charge in [-0.25, -0.2) is 0 Å². The van der Waals surface area contributed by atoms with Crippen LogP contribution in [0.2, 0.25) is 0 Å². The van der Waals surface area contributed by atoms with E-state index in [2.05, 4.69) is 159 Å². The third kappa shape index (κ3) is 4.26. The van der Waals surface area contributed by atoms with Gasteiger partial charge in [0.25, 0.3) is 0 Å². The highest BCUT2D eigenvalue weighted by Crippen LogP contribution is 2.47. The molecule has 10 rings (SSSR count). The van der Waals surface area contributed by atoms with Gasteiger partial charge in [0, 0.05) is 16.3 Å². The second-order valence-corrected chi connectivity index (χ2v) is 13.4. The van der Waals surface area contributed by atoms with Gasteiger partial charge in [-0.3, -0.25) is 0 Å². The zero-order chi connectivity index (χ0) is 32.6. The maximum absolute atomic E-state index is 6.38. The van der Waals surface area contributed by atoms with E-state index in [0.29, 0.717) is 0 Å². The van der Waals surface area contributed by atoms with Gasteiger partial charge in [0.2, 0.25) is 0 Å². The average molecular weight is 625 g/mol. The lowest BCUT2D eigenvalue weighted by Gasteiger charge is -2.20. The van der Waals surface area contributed by atoms with Crippen molar-refractivity contribution in [1.29, 1.82) is 0 Å². The van der Waals surface area contributed by atoms with Crippen LogP contribution in [0.1, 0.15) is 11.1 Å². The molecule has 1 nitrogen and oxygen atoms in total. The van der Waals surface area contributed by atoms with Crippen LogP contribution in [0.15, 0.2) is 162 Å². The van der Waals surface area contributed by atoms with Gasteiger partial charge in [-0.1, -0.05) is 151 Å². The van der Waals surface area contributed by atoms with Crippen molar-refractivity contribution in [2.45, 2.75) is 13.8 Å². The molecule has 0 saturated heterocycles. The fourth-order valence-electron chi connectivity index (χ4n) is 8.04. The molecule has 0 atom stereocenters. The molecule has 49 heavy (non-hydrogen) atoms. The third-order valence-corrected chi connectivity index (χ3v) is 10.5. The Bertz CT molecular complexity index is 2850. The lowest BCUT2D eigenvalue weighted by atomic mass is 9.83. The quantitative estimate of drug-likeness (QED) is 0.178. The van der Waals surface area contributed by atoms with Crippen LogP contribution in [0.25, 0.3) is 98.8 Å². The molecule has 0 spiro atoms. The lowest BCUT2D eigenvalue weighted by molar-refractivity contribution is 0.670.